The van der Waals surface area contributed by atoms with Gasteiger partial charge >= 0.3 is 0 Å². The van der Waals surface area contributed by atoms with E-state index < -0.39 is 6.10 Å². The van der Waals surface area contributed by atoms with Crippen molar-refractivity contribution in [1.29, 1.82) is 0 Å². The van der Waals surface area contributed by atoms with Crippen LogP contribution >= 0.6 is 0 Å². The van der Waals surface area contributed by atoms with Gasteiger partial charge in [-0.3, -0.25) is 4.79 Å². The molecule has 0 spiro atoms. The summed E-state index contributed by atoms with van der Waals surface area (Å²) in [6.45, 7) is 4.77. The predicted octanol–water partition coefficient (Wildman–Crippen LogP) is 2.67. The molecule has 0 saturated carbocycles. The highest BCUT2D eigenvalue weighted by Gasteiger charge is 2.19. The lowest BCUT2D eigenvalue weighted by molar-refractivity contribution is 0.0945. The largest absolute Gasteiger partial charge is 0.384 e. The molecule has 0 fully saturated rings. The maximum Gasteiger partial charge on any atom is 0.251 e. The summed E-state index contributed by atoms with van der Waals surface area (Å²) in [5.41, 5.74) is 5.71. The van der Waals surface area contributed by atoms with E-state index in [2.05, 4.69) is 12.2 Å². The van der Waals surface area contributed by atoms with E-state index in [0.717, 1.165) is 28.7 Å². The number of fused-ring (bicyclic) bond motifs is 1. The van der Waals surface area contributed by atoms with E-state index in [1.54, 1.807) is 0 Å². The molecule has 3 rings (SSSR count). The first-order valence-electron chi connectivity index (χ1n) is 7.22. The van der Waals surface area contributed by atoms with Crippen LogP contribution in [0.5, 0.6) is 0 Å². The smallest absolute Gasteiger partial charge is 0.251 e. The zero-order valence-electron chi connectivity index (χ0n) is 12.3. The molecule has 108 valence electrons. The van der Waals surface area contributed by atoms with E-state index in [1.165, 1.54) is 5.56 Å². The van der Waals surface area contributed by atoms with E-state index in [-0.39, 0.29) is 5.91 Å². The summed E-state index contributed by atoms with van der Waals surface area (Å²) < 4.78 is 0. The van der Waals surface area contributed by atoms with Crippen LogP contribution in [0.1, 0.15) is 44.3 Å². The SMILES string of the molecule is Cc1ccc(C(O)c2ccc3c(c2)C(=O)NCC3)cc1C. The van der Waals surface area contributed by atoms with E-state index in [4.69, 9.17) is 0 Å². The quantitative estimate of drug-likeness (QED) is 0.889. The molecule has 0 bridgehead atoms. The summed E-state index contributed by atoms with van der Waals surface area (Å²) in [4.78, 5) is 11.9. The second-order valence-electron chi connectivity index (χ2n) is 5.67. The molecule has 2 aromatic rings. The summed E-state index contributed by atoms with van der Waals surface area (Å²) in [6, 6.07) is 11.6. The Bertz CT molecular complexity index is 706. The second-order valence-corrected chi connectivity index (χ2v) is 5.67. The van der Waals surface area contributed by atoms with Crippen molar-refractivity contribution in [3.63, 3.8) is 0 Å². The van der Waals surface area contributed by atoms with Crippen LogP contribution in [-0.4, -0.2) is 17.6 Å². The summed E-state index contributed by atoms with van der Waals surface area (Å²) >= 11 is 0. The summed E-state index contributed by atoms with van der Waals surface area (Å²) in [5, 5.41) is 13.4. The number of amides is 1. The fraction of sp³-hybridized carbons (Fsp3) is 0.278. The van der Waals surface area contributed by atoms with Crippen molar-refractivity contribution in [2.45, 2.75) is 26.4 Å². The van der Waals surface area contributed by atoms with Gasteiger partial charge in [0.15, 0.2) is 0 Å². The van der Waals surface area contributed by atoms with Crippen LogP contribution in [0.25, 0.3) is 0 Å². The topological polar surface area (TPSA) is 49.3 Å². The molecule has 0 radical (unpaired) electrons. The van der Waals surface area contributed by atoms with Gasteiger partial charge in [0.05, 0.1) is 0 Å². The Morgan fingerprint density at radius 3 is 2.52 bits per heavy atom. The van der Waals surface area contributed by atoms with Crippen LogP contribution in [0, 0.1) is 13.8 Å². The molecule has 0 aromatic heterocycles. The summed E-state index contributed by atoms with van der Waals surface area (Å²) in [6.07, 6.45) is 0.144. The highest BCUT2D eigenvalue weighted by Crippen LogP contribution is 2.26. The van der Waals surface area contributed by atoms with Crippen molar-refractivity contribution >= 4 is 5.91 Å². The Labute approximate surface area is 124 Å². The molecular weight excluding hydrogens is 262 g/mol. The molecule has 21 heavy (non-hydrogen) atoms. The number of nitrogens with one attached hydrogen (secondary N) is 1. The van der Waals surface area contributed by atoms with Crippen molar-refractivity contribution in [1.82, 2.24) is 5.32 Å². The minimum atomic E-state index is -0.704. The van der Waals surface area contributed by atoms with Gasteiger partial charge in [-0.15, -0.1) is 0 Å². The maximum atomic E-state index is 11.9. The highest BCUT2D eigenvalue weighted by atomic mass is 16.3. The van der Waals surface area contributed by atoms with Crippen LogP contribution in [-0.2, 0) is 6.42 Å². The number of benzene rings is 2. The van der Waals surface area contributed by atoms with Gasteiger partial charge in [0, 0.05) is 12.1 Å². The lowest BCUT2D eigenvalue weighted by Gasteiger charge is -2.19. The van der Waals surface area contributed by atoms with Gasteiger partial charge in [0.2, 0.25) is 0 Å². The molecule has 0 saturated heterocycles. The lowest BCUT2D eigenvalue weighted by atomic mass is 9.93. The molecule has 3 heteroatoms. The molecule has 1 atom stereocenters. The Balaban J connectivity index is 1.98. The number of carbonyl (C=O) groups excluding carboxylic acids is 1. The summed E-state index contributed by atoms with van der Waals surface area (Å²) in [7, 11) is 0. The normalized spacial score (nSPS) is 15.3. The third-order valence-corrected chi connectivity index (χ3v) is 4.22. The van der Waals surface area contributed by atoms with Crippen LogP contribution in [0.3, 0.4) is 0 Å². The Hall–Kier alpha value is -2.13. The van der Waals surface area contributed by atoms with E-state index in [0.29, 0.717) is 12.1 Å². The van der Waals surface area contributed by atoms with Crippen LogP contribution < -0.4 is 5.32 Å². The lowest BCUT2D eigenvalue weighted by Crippen LogP contribution is -2.31. The van der Waals surface area contributed by atoms with Gasteiger partial charge < -0.3 is 10.4 Å². The Morgan fingerprint density at radius 1 is 1.05 bits per heavy atom. The first-order chi connectivity index (χ1) is 10.1. The number of aliphatic hydroxyl groups is 1. The van der Waals surface area contributed by atoms with Gasteiger partial charge in [-0.05, 0) is 54.2 Å². The van der Waals surface area contributed by atoms with Gasteiger partial charge in [0.1, 0.15) is 6.10 Å². The van der Waals surface area contributed by atoms with Crippen LogP contribution in [0.4, 0.5) is 0 Å². The molecule has 1 unspecified atom stereocenters. The highest BCUT2D eigenvalue weighted by molar-refractivity contribution is 5.96. The molecule has 2 aromatic carbocycles. The van der Waals surface area contributed by atoms with E-state index in [1.807, 2.05) is 43.3 Å². The van der Waals surface area contributed by atoms with Crippen molar-refractivity contribution in [3.8, 4) is 0 Å². The zero-order valence-corrected chi connectivity index (χ0v) is 12.3. The van der Waals surface area contributed by atoms with E-state index in [9.17, 15) is 9.90 Å². The maximum absolute atomic E-state index is 11.9. The molecule has 1 aliphatic heterocycles. The van der Waals surface area contributed by atoms with Gasteiger partial charge in [-0.25, -0.2) is 0 Å². The molecular formula is C18H19NO2. The molecule has 1 amide bonds. The standard InChI is InChI=1S/C18H19NO2/c1-11-3-4-14(9-12(11)2)17(20)15-6-5-13-7-8-19-18(21)16(13)10-15/h3-6,9-10,17,20H,7-8H2,1-2H3,(H,19,21). The van der Waals surface area contributed by atoms with Crippen molar-refractivity contribution in [3.05, 3.63) is 69.8 Å². The molecule has 0 aliphatic carbocycles. The predicted molar refractivity (Wildman–Crippen MR) is 82.5 cm³/mol. The Morgan fingerprint density at radius 2 is 1.76 bits per heavy atom. The number of aliphatic hydroxyl groups excluding tert-OH is 1. The Kier molecular flexibility index (Phi) is 3.52. The average molecular weight is 281 g/mol. The minimum Gasteiger partial charge on any atom is -0.384 e. The summed E-state index contributed by atoms with van der Waals surface area (Å²) in [5.74, 6) is -0.0506. The van der Waals surface area contributed by atoms with Gasteiger partial charge in [-0.2, -0.15) is 0 Å². The first-order valence-corrected chi connectivity index (χ1v) is 7.22. The second kappa shape index (κ2) is 5.34. The molecule has 1 heterocycles. The molecule has 2 N–H and O–H groups in total. The number of aryl methyl sites for hydroxylation is 2. The first kappa shape index (κ1) is 13.8. The number of carbonyl (C=O) groups is 1. The number of rotatable bonds is 2. The van der Waals surface area contributed by atoms with Crippen LogP contribution in [0.2, 0.25) is 0 Å². The van der Waals surface area contributed by atoms with Crippen molar-refractivity contribution in [2.24, 2.45) is 0 Å². The molecule has 1 aliphatic rings. The fourth-order valence-electron chi connectivity index (χ4n) is 2.73. The number of hydrogen-bond acceptors (Lipinski definition) is 2. The van der Waals surface area contributed by atoms with Gasteiger partial charge in [0.25, 0.3) is 5.91 Å². The van der Waals surface area contributed by atoms with Crippen molar-refractivity contribution in [2.75, 3.05) is 6.54 Å². The fourth-order valence-corrected chi connectivity index (χ4v) is 2.73. The van der Waals surface area contributed by atoms with E-state index >= 15 is 0 Å². The van der Waals surface area contributed by atoms with Crippen molar-refractivity contribution < 1.29 is 9.90 Å². The minimum absolute atomic E-state index is 0.0506. The monoisotopic (exact) mass is 281 g/mol. The average Bonchev–Trinajstić information content (AvgIpc) is 2.49. The zero-order chi connectivity index (χ0) is 15.0. The third kappa shape index (κ3) is 2.57. The van der Waals surface area contributed by atoms with Crippen LogP contribution in [0.15, 0.2) is 36.4 Å². The third-order valence-electron chi connectivity index (χ3n) is 4.22. The number of hydrogen-bond donors (Lipinski definition) is 2. The molecule has 3 nitrogen and oxygen atoms in total. The van der Waals surface area contributed by atoms with Gasteiger partial charge in [-0.1, -0.05) is 30.3 Å².